The molecule has 36 heavy (non-hydrogen) atoms. The van der Waals surface area contributed by atoms with Crippen molar-refractivity contribution in [2.45, 2.75) is 32.6 Å². The molecule has 0 bridgehead atoms. The minimum Gasteiger partial charge on any atom is -0.310 e. The summed E-state index contributed by atoms with van der Waals surface area (Å²) in [6, 6.07) is 10.4. The first-order chi connectivity index (χ1) is 17.4. The van der Waals surface area contributed by atoms with Crippen LogP contribution in [0, 0.1) is 17.6 Å². The van der Waals surface area contributed by atoms with E-state index in [1.54, 1.807) is 18.3 Å². The van der Waals surface area contributed by atoms with E-state index in [0.717, 1.165) is 56.1 Å². The third-order valence-corrected chi connectivity index (χ3v) is 7.14. The van der Waals surface area contributed by atoms with Gasteiger partial charge in [-0.25, -0.2) is 13.8 Å². The molecule has 186 valence electrons. The first kappa shape index (κ1) is 24.5. The van der Waals surface area contributed by atoms with E-state index in [1.165, 1.54) is 12.1 Å². The number of piperidine rings is 1. The zero-order chi connectivity index (χ0) is 25.2. The van der Waals surface area contributed by atoms with Gasteiger partial charge in [0.05, 0.1) is 16.6 Å². The number of fused-ring (bicyclic) bond motifs is 1. The average Bonchev–Trinajstić information content (AvgIpc) is 2.85. The highest BCUT2D eigenvalue weighted by Gasteiger charge is 2.20. The van der Waals surface area contributed by atoms with Crippen molar-refractivity contribution in [1.29, 1.82) is 0 Å². The molecule has 1 N–H and O–H groups in total. The van der Waals surface area contributed by atoms with Gasteiger partial charge in [0.2, 0.25) is 0 Å². The number of aromatic amines is 1. The molecule has 5 nitrogen and oxygen atoms in total. The van der Waals surface area contributed by atoms with Crippen molar-refractivity contribution in [2.75, 3.05) is 19.6 Å². The summed E-state index contributed by atoms with van der Waals surface area (Å²) in [5.74, 6) is -0.243. The fourth-order valence-electron chi connectivity index (χ4n) is 4.97. The van der Waals surface area contributed by atoms with Crippen molar-refractivity contribution in [2.24, 2.45) is 5.92 Å². The van der Waals surface area contributed by atoms with Gasteiger partial charge < -0.3 is 9.88 Å². The SMILES string of the molecule is CCN1CCC(Cc2cc(Cl)cc3c(=O)[nH]c(Cc4ccc(-c5cc(F)cc(F)c5)nc4)nc23)CC1. The number of halogens is 3. The van der Waals surface area contributed by atoms with Crippen LogP contribution in [0.2, 0.25) is 5.02 Å². The number of rotatable bonds is 6. The van der Waals surface area contributed by atoms with Crippen LogP contribution in [-0.4, -0.2) is 39.5 Å². The monoisotopic (exact) mass is 508 g/mol. The van der Waals surface area contributed by atoms with Crippen LogP contribution in [0.25, 0.3) is 22.2 Å². The maximum absolute atomic E-state index is 13.6. The molecule has 1 aliphatic rings. The molecule has 0 atom stereocenters. The Morgan fingerprint density at radius 3 is 2.50 bits per heavy atom. The van der Waals surface area contributed by atoms with E-state index in [2.05, 4.69) is 21.8 Å². The van der Waals surface area contributed by atoms with E-state index in [9.17, 15) is 13.6 Å². The van der Waals surface area contributed by atoms with Crippen LogP contribution in [0.1, 0.15) is 36.7 Å². The normalized spacial score (nSPS) is 15.0. The first-order valence-electron chi connectivity index (χ1n) is 12.2. The molecule has 2 aromatic heterocycles. The van der Waals surface area contributed by atoms with Gasteiger partial charge in [0.1, 0.15) is 17.5 Å². The van der Waals surface area contributed by atoms with Gasteiger partial charge in [-0.05, 0) is 86.3 Å². The van der Waals surface area contributed by atoms with Crippen molar-refractivity contribution >= 4 is 22.5 Å². The summed E-state index contributed by atoms with van der Waals surface area (Å²) in [6.07, 6.45) is 5.07. The van der Waals surface area contributed by atoms with Gasteiger partial charge in [-0.3, -0.25) is 9.78 Å². The van der Waals surface area contributed by atoms with Crippen LogP contribution >= 0.6 is 11.6 Å². The van der Waals surface area contributed by atoms with E-state index < -0.39 is 11.6 Å². The average molecular weight is 509 g/mol. The van der Waals surface area contributed by atoms with E-state index in [-0.39, 0.29) is 5.56 Å². The molecule has 0 amide bonds. The minimum atomic E-state index is -0.652. The summed E-state index contributed by atoms with van der Waals surface area (Å²) in [5, 5.41) is 1.03. The van der Waals surface area contributed by atoms with Gasteiger partial charge in [-0.1, -0.05) is 24.6 Å². The number of likely N-dealkylation sites (tertiary alicyclic amines) is 1. The van der Waals surface area contributed by atoms with Gasteiger partial charge >= 0.3 is 0 Å². The number of nitrogens with one attached hydrogen (secondary N) is 1. The Hall–Kier alpha value is -3.16. The summed E-state index contributed by atoms with van der Waals surface area (Å²) >= 11 is 6.37. The molecule has 3 heterocycles. The van der Waals surface area contributed by atoms with Crippen LogP contribution < -0.4 is 5.56 Å². The van der Waals surface area contributed by atoms with E-state index in [4.69, 9.17) is 16.6 Å². The highest BCUT2D eigenvalue weighted by Crippen LogP contribution is 2.27. The summed E-state index contributed by atoms with van der Waals surface area (Å²) in [4.78, 5) is 27.4. The number of H-pyrrole nitrogens is 1. The summed E-state index contributed by atoms with van der Waals surface area (Å²) in [7, 11) is 0. The van der Waals surface area contributed by atoms with Crippen LogP contribution in [0.15, 0.2) is 53.5 Å². The molecule has 0 radical (unpaired) electrons. The smallest absolute Gasteiger partial charge is 0.258 e. The Labute approximate surface area is 213 Å². The summed E-state index contributed by atoms with van der Waals surface area (Å²) in [5.41, 5.74) is 3.11. The molecule has 8 heteroatoms. The lowest BCUT2D eigenvalue weighted by Crippen LogP contribution is -2.34. The Bertz CT molecular complexity index is 1430. The number of pyridine rings is 1. The van der Waals surface area contributed by atoms with Gasteiger partial charge in [0.15, 0.2) is 0 Å². The second kappa shape index (κ2) is 10.4. The second-order valence-corrected chi connectivity index (χ2v) is 9.88. The fourth-order valence-corrected chi connectivity index (χ4v) is 5.21. The number of benzene rings is 2. The highest BCUT2D eigenvalue weighted by molar-refractivity contribution is 6.31. The predicted molar refractivity (Wildman–Crippen MR) is 138 cm³/mol. The molecule has 5 rings (SSSR count). The molecule has 4 aromatic rings. The number of nitrogens with zero attached hydrogens (tertiary/aromatic N) is 3. The van der Waals surface area contributed by atoms with Gasteiger partial charge in [-0.15, -0.1) is 0 Å². The Balaban J connectivity index is 1.40. The van der Waals surface area contributed by atoms with Crippen molar-refractivity contribution in [3.63, 3.8) is 0 Å². The van der Waals surface area contributed by atoms with Gasteiger partial charge in [0, 0.05) is 29.3 Å². The molecular formula is C28H27ClF2N4O. The van der Waals surface area contributed by atoms with Crippen molar-refractivity contribution < 1.29 is 8.78 Å². The topological polar surface area (TPSA) is 61.9 Å². The van der Waals surface area contributed by atoms with Crippen molar-refractivity contribution in [3.05, 3.63) is 92.6 Å². The van der Waals surface area contributed by atoms with Crippen molar-refractivity contribution in [3.8, 4) is 11.3 Å². The van der Waals surface area contributed by atoms with E-state index >= 15 is 0 Å². The third kappa shape index (κ3) is 5.47. The van der Waals surface area contributed by atoms with Gasteiger partial charge in [-0.2, -0.15) is 0 Å². The molecule has 0 saturated carbocycles. The number of aromatic nitrogens is 3. The zero-order valence-electron chi connectivity index (χ0n) is 20.0. The largest absolute Gasteiger partial charge is 0.310 e. The highest BCUT2D eigenvalue weighted by atomic mass is 35.5. The van der Waals surface area contributed by atoms with Crippen LogP contribution in [-0.2, 0) is 12.8 Å². The molecule has 1 aliphatic heterocycles. The first-order valence-corrected chi connectivity index (χ1v) is 12.6. The Morgan fingerprint density at radius 1 is 1.08 bits per heavy atom. The molecule has 1 fully saturated rings. The van der Waals surface area contributed by atoms with Crippen LogP contribution in [0.3, 0.4) is 0 Å². The predicted octanol–water partition coefficient (Wildman–Crippen LogP) is 5.78. The maximum Gasteiger partial charge on any atom is 0.258 e. The minimum absolute atomic E-state index is 0.223. The van der Waals surface area contributed by atoms with Crippen LogP contribution in [0.4, 0.5) is 8.78 Å². The molecule has 1 saturated heterocycles. The van der Waals surface area contributed by atoms with Crippen molar-refractivity contribution in [1.82, 2.24) is 19.9 Å². The standard InChI is InChI=1S/C28H27ClF2N4O/c1-2-35-7-5-17(6-8-35)9-20-11-21(29)14-24-27(20)33-26(34-28(24)36)10-18-3-4-25(32-16-18)19-12-22(30)15-23(31)13-19/h3-4,11-17H,2,5-10H2,1H3,(H,33,34,36). The molecule has 2 aromatic carbocycles. The summed E-state index contributed by atoms with van der Waals surface area (Å²) in [6.45, 7) is 5.43. The fraction of sp³-hybridized carbons (Fsp3) is 0.321. The van der Waals surface area contributed by atoms with Gasteiger partial charge in [0.25, 0.3) is 5.56 Å². The Kier molecular flexibility index (Phi) is 7.12. The van der Waals surface area contributed by atoms with E-state index in [1.807, 2.05) is 12.1 Å². The third-order valence-electron chi connectivity index (χ3n) is 6.92. The quantitative estimate of drug-likeness (QED) is 0.358. The van der Waals surface area contributed by atoms with E-state index in [0.29, 0.717) is 45.3 Å². The lowest BCUT2D eigenvalue weighted by molar-refractivity contribution is 0.192. The summed E-state index contributed by atoms with van der Waals surface area (Å²) < 4.78 is 27.1. The van der Waals surface area contributed by atoms with Crippen LogP contribution in [0.5, 0.6) is 0 Å². The lowest BCUT2D eigenvalue weighted by Gasteiger charge is -2.31. The number of hydrogen-bond donors (Lipinski definition) is 1. The maximum atomic E-state index is 13.6. The zero-order valence-corrected chi connectivity index (χ0v) is 20.8. The molecule has 0 unspecified atom stereocenters. The number of hydrogen-bond acceptors (Lipinski definition) is 4. The lowest BCUT2D eigenvalue weighted by atomic mass is 9.89. The Morgan fingerprint density at radius 2 is 1.83 bits per heavy atom. The molecular weight excluding hydrogens is 482 g/mol. The molecule has 0 aliphatic carbocycles. The second-order valence-electron chi connectivity index (χ2n) is 9.44. The molecule has 0 spiro atoms.